The van der Waals surface area contributed by atoms with Gasteiger partial charge in [-0.15, -0.1) is 0 Å². The van der Waals surface area contributed by atoms with Gasteiger partial charge < -0.3 is 10.2 Å². The molecule has 1 N–H and O–H groups in total. The number of nitrogens with zero attached hydrogens (tertiary/aromatic N) is 1. The molecule has 0 fully saturated rings. The van der Waals surface area contributed by atoms with Gasteiger partial charge in [0.05, 0.1) is 0 Å². The van der Waals surface area contributed by atoms with E-state index < -0.39 is 6.04 Å². The van der Waals surface area contributed by atoms with E-state index >= 15 is 0 Å². The van der Waals surface area contributed by atoms with E-state index in [1.807, 2.05) is 18.2 Å². The summed E-state index contributed by atoms with van der Waals surface area (Å²) < 4.78 is 0. The molecule has 1 unspecified atom stereocenters. The highest BCUT2D eigenvalue weighted by Gasteiger charge is 2.18. The van der Waals surface area contributed by atoms with Crippen LogP contribution in [0.15, 0.2) is 30.3 Å². The molecule has 0 aliphatic heterocycles. The first-order chi connectivity index (χ1) is 9.54. The van der Waals surface area contributed by atoms with E-state index in [-0.39, 0.29) is 11.8 Å². The molecule has 2 amide bonds. The molecule has 20 heavy (non-hydrogen) atoms. The highest BCUT2D eigenvalue weighted by molar-refractivity contribution is 5.87. The third-order valence-electron chi connectivity index (χ3n) is 3.25. The molecule has 0 spiro atoms. The van der Waals surface area contributed by atoms with Crippen molar-refractivity contribution in [3.05, 3.63) is 35.9 Å². The molecule has 4 nitrogen and oxygen atoms in total. The Balaban J connectivity index is 2.32. The van der Waals surface area contributed by atoms with Gasteiger partial charge in [-0.1, -0.05) is 37.3 Å². The third-order valence-corrected chi connectivity index (χ3v) is 3.25. The standard InChI is InChI=1S/C16H24N2O2/c1-4-15(19)17-13(2)16(20)18(3)12-8-11-14-9-6-5-7-10-14/h5-7,9-10,13H,4,8,11-12H2,1-3H3,(H,17,19). The van der Waals surface area contributed by atoms with Crippen molar-refractivity contribution in [1.29, 1.82) is 0 Å². The summed E-state index contributed by atoms with van der Waals surface area (Å²) in [7, 11) is 1.78. The van der Waals surface area contributed by atoms with Gasteiger partial charge in [0.25, 0.3) is 0 Å². The Morgan fingerprint density at radius 2 is 1.90 bits per heavy atom. The summed E-state index contributed by atoms with van der Waals surface area (Å²) in [6.45, 7) is 4.19. The van der Waals surface area contributed by atoms with Crippen LogP contribution in [0.2, 0.25) is 0 Å². The molecule has 0 saturated heterocycles. The quantitative estimate of drug-likeness (QED) is 0.828. The number of nitrogens with one attached hydrogen (secondary N) is 1. The summed E-state index contributed by atoms with van der Waals surface area (Å²) >= 11 is 0. The first-order valence-electron chi connectivity index (χ1n) is 7.12. The fourth-order valence-electron chi connectivity index (χ4n) is 2.01. The second-order valence-corrected chi connectivity index (χ2v) is 4.99. The van der Waals surface area contributed by atoms with Crippen LogP contribution >= 0.6 is 0 Å². The average Bonchev–Trinajstić information content (AvgIpc) is 2.47. The first-order valence-corrected chi connectivity index (χ1v) is 7.12. The van der Waals surface area contributed by atoms with Crippen molar-refractivity contribution in [3.8, 4) is 0 Å². The van der Waals surface area contributed by atoms with E-state index in [9.17, 15) is 9.59 Å². The van der Waals surface area contributed by atoms with Crippen molar-refractivity contribution in [1.82, 2.24) is 10.2 Å². The Labute approximate surface area is 121 Å². The van der Waals surface area contributed by atoms with Crippen LogP contribution in [0.1, 0.15) is 32.3 Å². The topological polar surface area (TPSA) is 49.4 Å². The average molecular weight is 276 g/mol. The number of rotatable bonds is 7. The number of hydrogen-bond acceptors (Lipinski definition) is 2. The van der Waals surface area contributed by atoms with Crippen molar-refractivity contribution in [3.63, 3.8) is 0 Å². The van der Waals surface area contributed by atoms with Gasteiger partial charge >= 0.3 is 0 Å². The Morgan fingerprint density at radius 3 is 2.50 bits per heavy atom. The zero-order chi connectivity index (χ0) is 15.0. The lowest BCUT2D eigenvalue weighted by Gasteiger charge is -2.22. The second kappa shape index (κ2) is 8.35. The molecule has 0 aliphatic carbocycles. The Bertz CT molecular complexity index is 431. The monoisotopic (exact) mass is 276 g/mol. The van der Waals surface area contributed by atoms with E-state index in [1.165, 1.54) is 5.56 Å². The Kier molecular flexibility index (Phi) is 6.77. The highest BCUT2D eigenvalue weighted by atomic mass is 16.2. The number of aryl methyl sites for hydroxylation is 1. The first kappa shape index (κ1) is 16.2. The van der Waals surface area contributed by atoms with Gasteiger partial charge in [-0.3, -0.25) is 9.59 Å². The number of amides is 2. The van der Waals surface area contributed by atoms with Crippen LogP contribution in [0.3, 0.4) is 0 Å². The van der Waals surface area contributed by atoms with Crippen LogP contribution in [-0.2, 0) is 16.0 Å². The van der Waals surface area contributed by atoms with E-state index in [1.54, 1.807) is 25.8 Å². The fourth-order valence-corrected chi connectivity index (χ4v) is 2.01. The van der Waals surface area contributed by atoms with Crippen LogP contribution in [0.5, 0.6) is 0 Å². The molecule has 0 aliphatic rings. The molecule has 1 atom stereocenters. The molecule has 4 heteroatoms. The minimum Gasteiger partial charge on any atom is -0.345 e. The van der Waals surface area contributed by atoms with Gasteiger partial charge in [-0.2, -0.15) is 0 Å². The Hall–Kier alpha value is -1.84. The van der Waals surface area contributed by atoms with E-state index in [0.29, 0.717) is 13.0 Å². The maximum absolute atomic E-state index is 12.0. The summed E-state index contributed by atoms with van der Waals surface area (Å²) in [4.78, 5) is 25.0. The molecule has 1 aromatic rings. The summed E-state index contributed by atoms with van der Waals surface area (Å²) in [6, 6.07) is 9.76. The number of hydrogen-bond donors (Lipinski definition) is 1. The summed E-state index contributed by atoms with van der Waals surface area (Å²) in [5.74, 6) is -0.136. The number of likely N-dealkylation sites (N-methyl/N-ethyl adjacent to an activating group) is 1. The molecule has 0 bridgehead atoms. The minimum absolute atomic E-state index is 0.0418. The number of carbonyl (C=O) groups excluding carboxylic acids is 2. The van der Waals surface area contributed by atoms with Crippen molar-refractivity contribution >= 4 is 11.8 Å². The van der Waals surface area contributed by atoms with Crippen molar-refractivity contribution < 1.29 is 9.59 Å². The van der Waals surface area contributed by atoms with Crippen molar-refractivity contribution in [2.75, 3.05) is 13.6 Å². The maximum Gasteiger partial charge on any atom is 0.244 e. The normalized spacial score (nSPS) is 11.8. The largest absolute Gasteiger partial charge is 0.345 e. The predicted molar refractivity (Wildman–Crippen MR) is 80.3 cm³/mol. The van der Waals surface area contributed by atoms with Crippen LogP contribution in [0.4, 0.5) is 0 Å². The molecule has 0 radical (unpaired) electrons. The van der Waals surface area contributed by atoms with Gasteiger partial charge in [0.15, 0.2) is 0 Å². The lowest BCUT2D eigenvalue weighted by molar-refractivity contribution is -0.134. The molecule has 110 valence electrons. The summed E-state index contributed by atoms with van der Waals surface area (Å²) in [5.41, 5.74) is 1.28. The minimum atomic E-state index is -0.454. The van der Waals surface area contributed by atoms with E-state index in [4.69, 9.17) is 0 Å². The van der Waals surface area contributed by atoms with Crippen LogP contribution in [0.25, 0.3) is 0 Å². The number of carbonyl (C=O) groups is 2. The van der Waals surface area contributed by atoms with Gasteiger partial charge in [-0.25, -0.2) is 0 Å². The maximum atomic E-state index is 12.0. The highest BCUT2D eigenvalue weighted by Crippen LogP contribution is 2.03. The molecule has 1 rings (SSSR count). The van der Waals surface area contributed by atoms with Crippen molar-refractivity contribution in [2.45, 2.75) is 39.2 Å². The number of benzene rings is 1. The molecular weight excluding hydrogens is 252 g/mol. The molecule has 0 aromatic heterocycles. The lowest BCUT2D eigenvalue weighted by Crippen LogP contribution is -2.45. The SMILES string of the molecule is CCC(=O)NC(C)C(=O)N(C)CCCc1ccccc1. The predicted octanol–water partition coefficient (Wildman–Crippen LogP) is 1.99. The van der Waals surface area contributed by atoms with Gasteiger partial charge in [-0.05, 0) is 25.3 Å². The van der Waals surface area contributed by atoms with Crippen LogP contribution in [0, 0.1) is 0 Å². The van der Waals surface area contributed by atoms with Crippen LogP contribution in [-0.4, -0.2) is 36.3 Å². The second-order valence-electron chi connectivity index (χ2n) is 4.99. The van der Waals surface area contributed by atoms with Gasteiger partial charge in [0, 0.05) is 20.0 Å². The summed E-state index contributed by atoms with van der Waals surface area (Å²) in [6.07, 6.45) is 2.27. The Morgan fingerprint density at radius 1 is 1.25 bits per heavy atom. The van der Waals surface area contributed by atoms with Crippen molar-refractivity contribution in [2.24, 2.45) is 0 Å². The smallest absolute Gasteiger partial charge is 0.244 e. The molecular formula is C16H24N2O2. The van der Waals surface area contributed by atoms with Gasteiger partial charge in [0.1, 0.15) is 6.04 Å². The van der Waals surface area contributed by atoms with Gasteiger partial charge in [0.2, 0.25) is 11.8 Å². The molecule has 1 aromatic carbocycles. The molecule has 0 heterocycles. The van der Waals surface area contributed by atoms with E-state index in [0.717, 1.165) is 12.8 Å². The molecule has 0 saturated carbocycles. The third kappa shape index (κ3) is 5.43. The summed E-state index contributed by atoms with van der Waals surface area (Å²) in [5, 5.41) is 2.69. The zero-order valence-electron chi connectivity index (χ0n) is 12.6. The van der Waals surface area contributed by atoms with Crippen LogP contribution < -0.4 is 5.32 Å². The van der Waals surface area contributed by atoms with E-state index in [2.05, 4.69) is 17.4 Å². The zero-order valence-corrected chi connectivity index (χ0v) is 12.6. The fraction of sp³-hybridized carbons (Fsp3) is 0.500. The lowest BCUT2D eigenvalue weighted by atomic mass is 10.1.